The van der Waals surface area contributed by atoms with Gasteiger partial charge in [0, 0.05) is 43.6 Å². The number of aromatic nitrogens is 6. The third-order valence-corrected chi connectivity index (χ3v) is 9.13. The average Bonchev–Trinajstić information content (AvgIpc) is 3.54. The van der Waals surface area contributed by atoms with E-state index in [-0.39, 0.29) is 29.6 Å². The molecular formula is C39H38N8O5. The van der Waals surface area contributed by atoms with Gasteiger partial charge < -0.3 is 25.2 Å². The number of aromatic hydroxyl groups is 1. The molecule has 3 aromatic heterocycles. The number of phenolic OH excluding ortho intramolecular Hbond substituents is 1. The molecule has 0 bridgehead atoms. The van der Waals surface area contributed by atoms with Crippen LogP contribution in [0.3, 0.4) is 0 Å². The highest BCUT2D eigenvalue weighted by molar-refractivity contribution is 5.98. The van der Waals surface area contributed by atoms with Gasteiger partial charge in [0.25, 0.3) is 5.56 Å². The minimum atomic E-state index is -0.230. The topological polar surface area (TPSA) is 164 Å². The van der Waals surface area contributed by atoms with Crippen molar-refractivity contribution in [1.82, 2.24) is 34.2 Å². The van der Waals surface area contributed by atoms with E-state index in [0.717, 1.165) is 16.9 Å². The maximum atomic E-state index is 14.5. The van der Waals surface area contributed by atoms with E-state index in [2.05, 4.69) is 21.8 Å². The number of fused-ring (bicyclic) bond motifs is 2. The zero-order chi connectivity index (χ0) is 36.0. The summed E-state index contributed by atoms with van der Waals surface area (Å²) in [6.07, 6.45) is 3.43. The van der Waals surface area contributed by atoms with E-state index in [0.29, 0.717) is 97.5 Å². The molecule has 0 unspecified atom stereocenters. The molecule has 0 atom stereocenters. The number of rotatable bonds is 10. The number of carbonyl (C=O) groups is 1. The Bertz CT molecular complexity index is 2370. The molecule has 1 aliphatic rings. The maximum absolute atomic E-state index is 14.5. The van der Waals surface area contributed by atoms with Crippen LogP contribution in [-0.4, -0.2) is 78.6 Å². The van der Waals surface area contributed by atoms with E-state index in [1.54, 1.807) is 46.7 Å². The molecule has 13 heteroatoms. The van der Waals surface area contributed by atoms with Gasteiger partial charge in [-0.05, 0) is 60.9 Å². The number of para-hydroxylation sites is 1. The van der Waals surface area contributed by atoms with Gasteiger partial charge in [-0.25, -0.2) is 19.6 Å². The van der Waals surface area contributed by atoms with Gasteiger partial charge >= 0.3 is 0 Å². The first-order chi connectivity index (χ1) is 25.4. The smallest absolute Gasteiger partial charge is 0.262 e. The van der Waals surface area contributed by atoms with E-state index in [4.69, 9.17) is 25.3 Å². The molecule has 13 nitrogen and oxygen atoms in total. The molecule has 0 radical (unpaired) electrons. The zero-order valence-corrected chi connectivity index (χ0v) is 28.8. The minimum absolute atomic E-state index is 0.106. The average molecular weight is 699 g/mol. The van der Waals surface area contributed by atoms with E-state index < -0.39 is 0 Å². The predicted molar refractivity (Wildman–Crippen MR) is 197 cm³/mol. The van der Waals surface area contributed by atoms with Gasteiger partial charge in [-0.1, -0.05) is 36.1 Å². The number of anilines is 1. The van der Waals surface area contributed by atoms with Crippen LogP contribution < -0.4 is 16.0 Å². The number of hydrogen-bond donors (Lipinski definition) is 2. The minimum Gasteiger partial charge on any atom is -0.508 e. The van der Waals surface area contributed by atoms with Crippen molar-refractivity contribution in [3.8, 4) is 34.6 Å². The summed E-state index contributed by atoms with van der Waals surface area (Å²) in [5.74, 6) is 8.06. The van der Waals surface area contributed by atoms with Crippen LogP contribution in [0, 0.1) is 11.8 Å². The van der Waals surface area contributed by atoms with Crippen LogP contribution >= 0.6 is 0 Å². The fraction of sp³-hybridized carbons (Fsp3) is 0.282. The van der Waals surface area contributed by atoms with Crippen molar-refractivity contribution in [1.29, 1.82) is 0 Å². The predicted octanol–water partition coefficient (Wildman–Crippen LogP) is 4.17. The van der Waals surface area contributed by atoms with Gasteiger partial charge in [0.2, 0.25) is 5.91 Å². The summed E-state index contributed by atoms with van der Waals surface area (Å²) in [6, 6.07) is 19.8. The lowest BCUT2D eigenvalue weighted by atomic mass is 10.1. The molecule has 3 aromatic carbocycles. The van der Waals surface area contributed by atoms with Crippen LogP contribution in [0.5, 0.6) is 11.5 Å². The summed E-state index contributed by atoms with van der Waals surface area (Å²) in [6.45, 7) is 2.80. The lowest BCUT2D eigenvalue weighted by Crippen LogP contribution is -2.40. The number of amides is 1. The van der Waals surface area contributed by atoms with Gasteiger partial charge in [-0.15, -0.1) is 0 Å². The Balaban J connectivity index is 1.25. The number of phenols is 1. The summed E-state index contributed by atoms with van der Waals surface area (Å²) in [5.41, 5.74) is 9.89. The first kappa shape index (κ1) is 34.2. The molecule has 0 saturated carbocycles. The highest BCUT2D eigenvalue weighted by Crippen LogP contribution is 2.31. The second kappa shape index (κ2) is 15.3. The molecule has 1 amide bonds. The molecule has 0 aliphatic carbocycles. The second-order valence-electron chi connectivity index (χ2n) is 12.4. The van der Waals surface area contributed by atoms with Crippen LogP contribution in [0.1, 0.15) is 36.2 Å². The molecule has 1 fully saturated rings. The van der Waals surface area contributed by atoms with Crippen LogP contribution in [0.15, 0.2) is 77.9 Å². The van der Waals surface area contributed by atoms with Crippen molar-refractivity contribution >= 4 is 33.7 Å². The number of hydrogen-bond acceptors (Lipinski definition) is 10. The lowest BCUT2D eigenvalue weighted by molar-refractivity contribution is -0.135. The first-order valence-electron chi connectivity index (χ1n) is 17.2. The number of aryl methyl sites for hydroxylation is 1. The van der Waals surface area contributed by atoms with Crippen molar-refractivity contribution in [3.05, 3.63) is 100 Å². The van der Waals surface area contributed by atoms with Crippen LogP contribution in [0.2, 0.25) is 0 Å². The van der Waals surface area contributed by atoms with Crippen molar-refractivity contribution in [2.24, 2.45) is 0 Å². The largest absolute Gasteiger partial charge is 0.508 e. The fourth-order valence-corrected chi connectivity index (χ4v) is 6.46. The van der Waals surface area contributed by atoms with Gasteiger partial charge in [-0.3, -0.25) is 14.2 Å². The monoisotopic (exact) mass is 698 g/mol. The SMILES string of the molecule is COc1ccccc1CCn1c(Cn2nc(-c3ccc(O)cc3)c3c(N)ncnc32)nc2cccc(C#CCCCC(=O)N3CCOCC3)c2c1=O. The lowest BCUT2D eigenvalue weighted by Gasteiger charge is -2.26. The Labute approximate surface area is 299 Å². The summed E-state index contributed by atoms with van der Waals surface area (Å²) in [4.78, 5) is 42.7. The molecule has 3 N–H and O–H groups in total. The zero-order valence-electron chi connectivity index (χ0n) is 28.8. The van der Waals surface area contributed by atoms with Crippen LogP contribution in [0.25, 0.3) is 33.2 Å². The van der Waals surface area contributed by atoms with Crippen molar-refractivity contribution in [2.75, 3.05) is 39.1 Å². The molecule has 1 saturated heterocycles. The molecule has 1 aliphatic heterocycles. The second-order valence-corrected chi connectivity index (χ2v) is 12.4. The van der Waals surface area contributed by atoms with Crippen molar-refractivity contribution < 1.29 is 19.4 Å². The van der Waals surface area contributed by atoms with Gasteiger partial charge in [0.05, 0.1) is 36.6 Å². The summed E-state index contributed by atoms with van der Waals surface area (Å²) in [5, 5.41) is 15.7. The number of morpholine rings is 1. The number of ether oxygens (including phenoxy) is 2. The van der Waals surface area contributed by atoms with E-state index >= 15 is 0 Å². The number of unbranched alkanes of at least 4 members (excludes halogenated alkanes) is 1. The maximum Gasteiger partial charge on any atom is 0.262 e. The van der Waals surface area contributed by atoms with Gasteiger partial charge in [-0.2, -0.15) is 5.10 Å². The number of methoxy groups -OCH3 is 1. The van der Waals surface area contributed by atoms with E-state index in [1.165, 1.54) is 6.33 Å². The molecular weight excluding hydrogens is 660 g/mol. The third kappa shape index (κ3) is 7.15. The quantitative estimate of drug-likeness (QED) is 0.157. The Hall–Kier alpha value is -6.26. The number of nitrogens with zero attached hydrogens (tertiary/aromatic N) is 7. The number of nitrogens with two attached hydrogens (primary N) is 1. The summed E-state index contributed by atoms with van der Waals surface area (Å²) >= 11 is 0. The highest BCUT2D eigenvalue weighted by atomic mass is 16.5. The molecule has 4 heterocycles. The molecule has 6 aromatic rings. The Morgan fingerprint density at radius 1 is 1.02 bits per heavy atom. The summed E-state index contributed by atoms with van der Waals surface area (Å²) in [7, 11) is 1.62. The molecule has 7 rings (SSSR count). The summed E-state index contributed by atoms with van der Waals surface area (Å²) < 4.78 is 14.3. The molecule has 264 valence electrons. The Morgan fingerprint density at radius 2 is 1.83 bits per heavy atom. The van der Waals surface area contributed by atoms with Crippen LogP contribution in [-0.2, 0) is 29.0 Å². The Kier molecular flexibility index (Phi) is 10.1. The number of carbonyl (C=O) groups excluding carboxylic acids is 1. The van der Waals surface area contributed by atoms with E-state index in [9.17, 15) is 14.7 Å². The van der Waals surface area contributed by atoms with Gasteiger partial charge in [0.1, 0.15) is 41.7 Å². The van der Waals surface area contributed by atoms with Crippen LogP contribution in [0.4, 0.5) is 5.82 Å². The first-order valence-corrected chi connectivity index (χ1v) is 17.2. The fourth-order valence-electron chi connectivity index (χ4n) is 6.46. The molecule has 0 spiro atoms. The van der Waals surface area contributed by atoms with E-state index in [1.807, 2.05) is 41.3 Å². The molecule has 52 heavy (non-hydrogen) atoms. The third-order valence-electron chi connectivity index (χ3n) is 9.13. The van der Waals surface area contributed by atoms with Crippen molar-refractivity contribution in [2.45, 2.75) is 38.8 Å². The van der Waals surface area contributed by atoms with Gasteiger partial charge in [0.15, 0.2) is 5.65 Å². The Morgan fingerprint density at radius 3 is 2.63 bits per heavy atom. The number of nitrogen functional groups attached to an aromatic ring is 1. The standard InChI is InChI=1S/C39H38N8O5/c1-51-31-12-6-5-8-26(31)18-19-46-32(24-47-38-35(37(40)41-25-42-38)36(44-47)28-14-16-29(48)17-15-28)43-30-11-7-10-27(34(30)39(46)50)9-3-2-4-13-33(49)45-20-22-52-23-21-45/h5-8,10-12,14-17,25,48H,2,4,13,18-24H2,1H3,(H2,40,41,42). The van der Waals surface area contributed by atoms with Crippen molar-refractivity contribution in [3.63, 3.8) is 0 Å². The normalized spacial score (nSPS) is 12.9. The highest BCUT2D eigenvalue weighted by Gasteiger charge is 2.21. The number of benzene rings is 3.